The Morgan fingerprint density at radius 1 is 1.37 bits per heavy atom. The van der Waals surface area contributed by atoms with E-state index in [9.17, 15) is 4.39 Å². The van der Waals surface area contributed by atoms with Gasteiger partial charge in [0.05, 0.1) is 15.4 Å². The lowest BCUT2D eigenvalue weighted by Crippen LogP contribution is -2.04. The van der Waals surface area contributed by atoms with E-state index >= 15 is 0 Å². The Kier molecular flexibility index (Phi) is 4.09. The van der Waals surface area contributed by atoms with Crippen molar-refractivity contribution in [2.45, 2.75) is 33.6 Å². The Bertz CT molecular complexity index is 623. The van der Waals surface area contributed by atoms with Crippen LogP contribution in [0.1, 0.15) is 37.9 Å². The van der Waals surface area contributed by atoms with Crippen LogP contribution in [0, 0.1) is 12.7 Å². The van der Waals surface area contributed by atoms with Crippen LogP contribution in [0.25, 0.3) is 10.9 Å². The minimum atomic E-state index is -0.251. The number of benzene rings is 1. The molecule has 0 atom stereocenters. The van der Waals surface area contributed by atoms with Gasteiger partial charge in [0.2, 0.25) is 0 Å². The van der Waals surface area contributed by atoms with Crippen LogP contribution in [0.15, 0.2) is 16.6 Å². The zero-order valence-corrected chi connectivity index (χ0v) is 13.2. The molecule has 2 aromatic rings. The molecule has 0 amide bonds. The molecule has 0 aliphatic rings. The molecule has 0 saturated heterocycles. The van der Waals surface area contributed by atoms with Gasteiger partial charge in [-0.15, -0.1) is 0 Å². The van der Waals surface area contributed by atoms with E-state index in [4.69, 9.17) is 0 Å². The fraction of sp³-hybridized carbons (Fsp3) is 0.400. The zero-order chi connectivity index (χ0) is 14.2. The van der Waals surface area contributed by atoms with E-state index in [0.717, 1.165) is 29.0 Å². The molecule has 2 rings (SSSR count). The second-order valence-electron chi connectivity index (χ2n) is 4.99. The molecule has 1 aromatic carbocycles. The standard InChI is InChI=1S/C15H18BrFN2/c1-5-18-12-7-11(8(2)3)19-15-9(4)6-10(16)14(17)13(12)15/h6-8H,5H2,1-4H3,(H,18,19). The lowest BCUT2D eigenvalue weighted by molar-refractivity contribution is 0.632. The first kappa shape index (κ1) is 14.3. The van der Waals surface area contributed by atoms with Gasteiger partial charge in [-0.05, 0) is 53.4 Å². The van der Waals surface area contributed by atoms with Crippen molar-refractivity contribution < 1.29 is 4.39 Å². The first-order valence-electron chi connectivity index (χ1n) is 6.48. The number of fused-ring (bicyclic) bond motifs is 1. The van der Waals surface area contributed by atoms with E-state index in [0.29, 0.717) is 15.8 Å². The van der Waals surface area contributed by atoms with Crippen molar-refractivity contribution >= 4 is 32.5 Å². The molecular formula is C15H18BrFN2. The Morgan fingerprint density at radius 3 is 2.63 bits per heavy atom. The van der Waals surface area contributed by atoms with Crippen LogP contribution in [0.2, 0.25) is 0 Å². The van der Waals surface area contributed by atoms with Gasteiger partial charge in [0.1, 0.15) is 5.82 Å². The molecule has 1 heterocycles. The summed E-state index contributed by atoms with van der Waals surface area (Å²) in [6, 6.07) is 3.73. The second-order valence-corrected chi connectivity index (χ2v) is 5.85. The number of aryl methyl sites for hydroxylation is 1. The molecule has 4 heteroatoms. The van der Waals surface area contributed by atoms with Crippen molar-refractivity contribution in [2.75, 3.05) is 11.9 Å². The molecule has 0 radical (unpaired) electrons. The zero-order valence-electron chi connectivity index (χ0n) is 11.6. The van der Waals surface area contributed by atoms with Crippen molar-refractivity contribution in [1.82, 2.24) is 4.98 Å². The van der Waals surface area contributed by atoms with E-state index < -0.39 is 0 Å². The topological polar surface area (TPSA) is 24.9 Å². The molecule has 2 nitrogen and oxygen atoms in total. The Labute approximate surface area is 121 Å². The average Bonchev–Trinajstić information content (AvgIpc) is 2.35. The van der Waals surface area contributed by atoms with Gasteiger partial charge in [-0.1, -0.05) is 13.8 Å². The third kappa shape index (κ3) is 2.59. The van der Waals surface area contributed by atoms with Gasteiger partial charge in [-0.2, -0.15) is 0 Å². The van der Waals surface area contributed by atoms with Crippen LogP contribution in [0.4, 0.5) is 10.1 Å². The molecule has 0 aliphatic carbocycles. The third-order valence-electron chi connectivity index (χ3n) is 3.14. The van der Waals surface area contributed by atoms with Crippen LogP contribution < -0.4 is 5.32 Å². The molecule has 0 aliphatic heterocycles. The predicted octanol–water partition coefficient (Wildman–Crippen LogP) is 5.00. The van der Waals surface area contributed by atoms with Crippen LogP contribution in [-0.4, -0.2) is 11.5 Å². The highest BCUT2D eigenvalue weighted by Crippen LogP contribution is 2.34. The second kappa shape index (κ2) is 5.45. The highest BCUT2D eigenvalue weighted by atomic mass is 79.9. The molecular weight excluding hydrogens is 307 g/mol. The summed E-state index contributed by atoms with van der Waals surface area (Å²) >= 11 is 3.27. The van der Waals surface area contributed by atoms with E-state index in [1.807, 2.05) is 19.9 Å². The number of halogens is 2. The molecule has 0 unspecified atom stereocenters. The van der Waals surface area contributed by atoms with Crippen molar-refractivity contribution in [3.8, 4) is 0 Å². The molecule has 1 N–H and O–H groups in total. The number of rotatable bonds is 3. The number of hydrogen-bond donors (Lipinski definition) is 1. The summed E-state index contributed by atoms with van der Waals surface area (Å²) in [7, 11) is 0. The number of pyridine rings is 1. The summed E-state index contributed by atoms with van der Waals surface area (Å²) < 4.78 is 14.9. The fourth-order valence-corrected chi connectivity index (χ4v) is 2.68. The monoisotopic (exact) mass is 324 g/mol. The maximum absolute atomic E-state index is 14.4. The molecule has 102 valence electrons. The van der Waals surface area contributed by atoms with Crippen molar-refractivity contribution in [3.63, 3.8) is 0 Å². The van der Waals surface area contributed by atoms with Crippen LogP contribution in [-0.2, 0) is 0 Å². The van der Waals surface area contributed by atoms with Gasteiger partial charge < -0.3 is 5.32 Å². The summed E-state index contributed by atoms with van der Waals surface area (Å²) in [6.07, 6.45) is 0. The Morgan fingerprint density at radius 2 is 2.05 bits per heavy atom. The Hall–Kier alpha value is -1.16. The smallest absolute Gasteiger partial charge is 0.148 e. The first-order chi connectivity index (χ1) is 8.95. The van der Waals surface area contributed by atoms with E-state index in [1.165, 1.54) is 0 Å². The number of nitrogens with one attached hydrogen (secondary N) is 1. The maximum atomic E-state index is 14.4. The fourth-order valence-electron chi connectivity index (χ4n) is 2.14. The normalized spacial score (nSPS) is 11.3. The van der Waals surface area contributed by atoms with Gasteiger partial charge in [0.15, 0.2) is 0 Å². The van der Waals surface area contributed by atoms with E-state index in [2.05, 4.69) is 40.1 Å². The SMILES string of the molecule is CCNc1cc(C(C)C)nc2c(C)cc(Br)c(F)c12. The number of aromatic nitrogens is 1. The van der Waals surface area contributed by atoms with Gasteiger partial charge in [0.25, 0.3) is 0 Å². The Balaban J connectivity index is 2.86. The van der Waals surface area contributed by atoms with Crippen molar-refractivity contribution in [2.24, 2.45) is 0 Å². The largest absolute Gasteiger partial charge is 0.385 e. The first-order valence-corrected chi connectivity index (χ1v) is 7.28. The minimum absolute atomic E-state index is 0.251. The van der Waals surface area contributed by atoms with Crippen molar-refractivity contribution in [1.29, 1.82) is 0 Å². The van der Waals surface area contributed by atoms with Crippen LogP contribution >= 0.6 is 15.9 Å². The maximum Gasteiger partial charge on any atom is 0.148 e. The summed E-state index contributed by atoms with van der Waals surface area (Å²) in [4.78, 5) is 4.62. The van der Waals surface area contributed by atoms with Gasteiger partial charge in [-0.3, -0.25) is 4.98 Å². The van der Waals surface area contributed by atoms with Gasteiger partial charge in [0, 0.05) is 17.9 Å². The summed E-state index contributed by atoms with van der Waals surface area (Å²) in [5.41, 5.74) is 3.51. The van der Waals surface area contributed by atoms with Gasteiger partial charge in [-0.25, -0.2) is 4.39 Å². The molecule has 0 fully saturated rings. The van der Waals surface area contributed by atoms with E-state index in [1.54, 1.807) is 6.07 Å². The van der Waals surface area contributed by atoms with Crippen LogP contribution in [0.5, 0.6) is 0 Å². The molecule has 19 heavy (non-hydrogen) atoms. The quantitative estimate of drug-likeness (QED) is 0.859. The molecule has 1 aromatic heterocycles. The van der Waals surface area contributed by atoms with Crippen LogP contribution in [0.3, 0.4) is 0 Å². The average molecular weight is 325 g/mol. The number of nitrogens with zero attached hydrogens (tertiary/aromatic N) is 1. The molecule has 0 spiro atoms. The molecule has 0 bridgehead atoms. The predicted molar refractivity (Wildman–Crippen MR) is 82.4 cm³/mol. The lowest BCUT2D eigenvalue weighted by atomic mass is 10.0. The number of hydrogen-bond acceptors (Lipinski definition) is 2. The third-order valence-corrected chi connectivity index (χ3v) is 3.72. The van der Waals surface area contributed by atoms with Gasteiger partial charge >= 0.3 is 0 Å². The summed E-state index contributed by atoms with van der Waals surface area (Å²) in [5.74, 6) is 0.0623. The highest BCUT2D eigenvalue weighted by molar-refractivity contribution is 9.10. The van der Waals surface area contributed by atoms with E-state index in [-0.39, 0.29) is 5.82 Å². The highest BCUT2D eigenvalue weighted by Gasteiger charge is 2.16. The minimum Gasteiger partial charge on any atom is -0.385 e. The summed E-state index contributed by atoms with van der Waals surface area (Å²) in [5, 5.41) is 3.81. The molecule has 0 saturated carbocycles. The summed E-state index contributed by atoms with van der Waals surface area (Å²) in [6.45, 7) is 8.90. The number of anilines is 1. The van der Waals surface area contributed by atoms with Crippen molar-refractivity contribution in [3.05, 3.63) is 33.7 Å². The lowest BCUT2D eigenvalue weighted by Gasteiger charge is -2.15.